The van der Waals surface area contributed by atoms with Gasteiger partial charge in [0.05, 0.1) is 25.5 Å². The molecular weight excluding hydrogens is 494 g/mol. The Hall–Kier alpha value is -4.15. The van der Waals surface area contributed by atoms with Crippen molar-refractivity contribution >= 4 is 10.9 Å². The number of nitrogens with zero attached hydrogens (tertiary/aromatic N) is 6. The zero-order chi connectivity index (χ0) is 26.8. The van der Waals surface area contributed by atoms with Gasteiger partial charge in [0.15, 0.2) is 5.82 Å². The summed E-state index contributed by atoms with van der Waals surface area (Å²) in [6.07, 6.45) is 7.23. The highest BCUT2D eigenvalue weighted by atomic mass is 16.5. The lowest BCUT2D eigenvalue weighted by atomic mass is 10.00. The average molecular weight is 526 g/mol. The van der Waals surface area contributed by atoms with Crippen molar-refractivity contribution in [3.8, 4) is 0 Å². The predicted octanol–water partition coefficient (Wildman–Crippen LogP) is 4.09. The van der Waals surface area contributed by atoms with Crippen molar-refractivity contribution in [2.75, 3.05) is 6.61 Å². The van der Waals surface area contributed by atoms with Gasteiger partial charge < -0.3 is 14.1 Å². The fraction of sp³-hybridized carbons (Fsp3) is 0.345. The molecule has 1 fully saturated rings. The van der Waals surface area contributed by atoms with Crippen molar-refractivity contribution in [1.82, 2.24) is 35.1 Å². The lowest BCUT2D eigenvalue weighted by Crippen LogP contribution is -2.35. The lowest BCUT2D eigenvalue weighted by molar-refractivity contribution is 0.0901. The van der Waals surface area contributed by atoms with Gasteiger partial charge in [0.2, 0.25) is 0 Å². The minimum atomic E-state index is -0.568. The lowest BCUT2D eigenvalue weighted by Gasteiger charge is -2.30. The fourth-order valence-corrected chi connectivity index (χ4v) is 5.28. The Labute approximate surface area is 225 Å². The van der Waals surface area contributed by atoms with E-state index in [0.29, 0.717) is 31.0 Å². The molecule has 200 valence electrons. The first-order valence-electron chi connectivity index (χ1n) is 13.2. The Balaban J connectivity index is 1.51. The molecule has 2 atom stereocenters. The van der Waals surface area contributed by atoms with Gasteiger partial charge in [0.25, 0.3) is 5.56 Å². The average Bonchev–Trinajstić information content (AvgIpc) is 3.71. The van der Waals surface area contributed by atoms with Crippen LogP contribution in [0.1, 0.15) is 52.7 Å². The third kappa shape index (κ3) is 5.39. The van der Waals surface area contributed by atoms with Crippen LogP contribution in [0.5, 0.6) is 0 Å². The number of furan rings is 1. The van der Waals surface area contributed by atoms with Crippen molar-refractivity contribution in [2.45, 2.75) is 58.5 Å². The van der Waals surface area contributed by atoms with E-state index in [1.807, 2.05) is 49.5 Å². The number of tetrazole rings is 1. The second-order valence-corrected chi connectivity index (χ2v) is 10.2. The van der Waals surface area contributed by atoms with Crippen LogP contribution in [0.2, 0.25) is 0 Å². The molecule has 39 heavy (non-hydrogen) atoms. The molecule has 5 heterocycles. The first-order chi connectivity index (χ1) is 19.0. The van der Waals surface area contributed by atoms with Crippen molar-refractivity contribution in [3.05, 3.63) is 105 Å². The van der Waals surface area contributed by atoms with E-state index in [2.05, 4.69) is 43.4 Å². The molecule has 0 spiro atoms. The van der Waals surface area contributed by atoms with Gasteiger partial charge in [-0.3, -0.25) is 14.7 Å². The molecule has 0 amide bonds. The predicted molar refractivity (Wildman–Crippen MR) is 145 cm³/mol. The molecule has 6 rings (SSSR count). The number of aromatic nitrogens is 6. The molecule has 5 aromatic rings. The molecule has 4 aromatic heterocycles. The summed E-state index contributed by atoms with van der Waals surface area (Å²) in [4.78, 5) is 23.3. The van der Waals surface area contributed by atoms with Crippen molar-refractivity contribution in [3.63, 3.8) is 0 Å². The number of ether oxygens (including phenoxy) is 1. The summed E-state index contributed by atoms with van der Waals surface area (Å²) in [5, 5.41) is 13.8. The number of aryl methyl sites for hydroxylation is 2. The van der Waals surface area contributed by atoms with Crippen LogP contribution in [-0.2, 0) is 24.4 Å². The molecule has 1 saturated heterocycles. The zero-order valence-electron chi connectivity index (χ0n) is 22.1. The van der Waals surface area contributed by atoms with E-state index in [4.69, 9.17) is 9.15 Å². The summed E-state index contributed by atoms with van der Waals surface area (Å²) in [6, 6.07) is 13.2. The molecule has 1 aromatic carbocycles. The van der Waals surface area contributed by atoms with Crippen LogP contribution in [0.15, 0.2) is 70.3 Å². The van der Waals surface area contributed by atoms with Crippen LogP contribution >= 0.6 is 0 Å². The first-order valence-corrected chi connectivity index (χ1v) is 13.2. The number of hydrogen-bond acceptors (Lipinski definition) is 8. The normalized spacial score (nSPS) is 16.3. The van der Waals surface area contributed by atoms with Crippen LogP contribution in [0, 0.1) is 13.8 Å². The van der Waals surface area contributed by atoms with Crippen molar-refractivity contribution in [2.24, 2.45) is 0 Å². The second kappa shape index (κ2) is 10.9. The van der Waals surface area contributed by atoms with E-state index in [1.165, 1.54) is 0 Å². The maximum atomic E-state index is 13.8. The highest BCUT2D eigenvalue weighted by molar-refractivity contribution is 5.81. The first kappa shape index (κ1) is 25.1. The SMILES string of the molecule is Cc1cc2cc([C@@H](c3nnnn3C[C@H]3CCCO3)N(Cc3cccnc3)Cc3ccco3)c(=O)[nH]c2cc1C. The van der Waals surface area contributed by atoms with Crippen LogP contribution in [0.4, 0.5) is 0 Å². The third-order valence-corrected chi connectivity index (χ3v) is 7.40. The Kier molecular flexibility index (Phi) is 7.04. The number of aromatic amines is 1. The molecule has 1 N–H and O–H groups in total. The van der Waals surface area contributed by atoms with Crippen LogP contribution < -0.4 is 5.56 Å². The van der Waals surface area contributed by atoms with E-state index in [-0.39, 0.29) is 11.7 Å². The highest BCUT2D eigenvalue weighted by Crippen LogP contribution is 2.31. The molecule has 10 nitrogen and oxygen atoms in total. The van der Waals surface area contributed by atoms with Crippen molar-refractivity contribution < 1.29 is 9.15 Å². The number of benzene rings is 1. The summed E-state index contributed by atoms with van der Waals surface area (Å²) in [6.45, 7) is 6.30. The molecule has 0 aliphatic carbocycles. The van der Waals surface area contributed by atoms with Crippen molar-refractivity contribution in [1.29, 1.82) is 0 Å². The molecule has 0 bridgehead atoms. The van der Waals surface area contributed by atoms with Crippen LogP contribution in [-0.4, -0.2) is 47.8 Å². The fourth-order valence-electron chi connectivity index (χ4n) is 5.28. The van der Waals surface area contributed by atoms with E-state index >= 15 is 0 Å². The smallest absolute Gasteiger partial charge is 0.253 e. The molecule has 0 radical (unpaired) electrons. The third-order valence-electron chi connectivity index (χ3n) is 7.40. The van der Waals surface area contributed by atoms with Gasteiger partial charge in [-0.15, -0.1) is 5.10 Å². The van der Waals surface area contributed by atoms with E-state index in [1.54, 1.807) is 17.1 Å². The van der Waals surface area contributed by atoms with Gasteiger partial charge in [-0.05, 0) is 95.6 Å². The van der Waals surface area contributed by atoms with Gasteiger partial charge in [0.1, 0.15) is 11.8 Å². The Bertz CT molecular complexity index is 1610. The molecule has 0 saturated carbocycles. The number of nitrogens with one attached hydrogen (secondary N) is 1. The molecule has 1 aliphatic heterocycles. The van der Waals surface area contributed by atoms with Gasteiger partial charge in [-0.2, -0.15) is 0 Å². The Morgan fingerprint density at radius 2 is 2.05 bits per heavy atom. The molecule has 10 heteroatoms. The highest BCUT2D eigenvalue weighted by Gasteiger charge is 2.32. The molecule has 1 aliphatic rings. The number of fused-ring (bicyclic) bond motifs is 1. The maximum Gasteiger partial charge on any atom is 0.253 e. The van der Waals surface area contributed by atoms with Gasteiger partial charge in [0, 0.05) is 36.6 Å². The summed E-state index contributed by atoms with van der Waals surface area (Å²) in [5.41, 5.74) is 4.45. The summed E-state index contributed by atoms with van der Waals surface area (Å²) >= 11 is 0. The largest absolute Gasteiger partial charge is 0.468 e. The van der Waals surface area contributed by atoms with Gasteiger partial charge >= 0.3 is 0 Å². The zero-order valence-corrected chi connectivity index (χ0v) is 22.1. The van der Waals surface area contributed by atoms with E-state index in [0.717, 1.165) is 52.8 Å². The summed E-state index contributed by atoms with van der Waals surface area (Å²) < 4.78 is 13.4. The van der Waals surface area contributed by atoms with Crippen LogP contribution in [0.3, 0.4) is 0 Å². The monoisotopic (exact) mass is 525 g/mol. The van der Waals surface area contributed by atoms with Gasteiger partial charge in [-0.1, -0.05) is 6.07 Å². The summed E-state index contributed by atoms with van der Waals surface area (Å²) in [7, 11) is 0. The standard InChI is InChI=1S/C29H31N7O3/c1-19-12-22-14-25(29(37)31-26(22)13-20(19)2)27(28-32-33-34-36(28)18-24-8-5-11-39-24)35(17-23-7-4-10-38-23)16-21-6-3-9-30-15-21/h3-4,6-7,9-10,12-15,24,27H,5,8,11,16-18H2,1-2H3,(H,31,37)/t24-,27+/m1/s1. The molecule has 0 unspecified atom stereocenters. The molecular formula is C29H31N7O3. The van der Waals surface area contributed by atoms with Crippen LogP contribution in [0.25, 0.3) is 10.9 Å². The quantitative estimate of drug-likeness (QED) is 0.306. The van der Waals surface area contributed by atoms with E-state index in [9.17, 15) is 4.79 Å². The number of hydrogen-bond donors (Lipinski definition) is 1. The second-order valence-electron chi connectivity index (χ2n) is 10.2. The number of H-pyrrole nitrogens is 1. The minimum absolute atomic E-state index is 0.0326. The summed E-state index contributed by atoms with van der Waals surface area (Å²) in [5.74, 6) is 1.35. The topological polar surface area (TPSA) is 115 Å². The Morgan fingerprint density at radius 3 is 2.82 bits per heavy atom. The minimum Gasteiger partial charge on any atom is -0.468 e. The van der Waals surface area contributed by atoms with E-state index < -0.39 is 6.04 Å². The maximum absolute atomic E-state index is 13.8. The van der Waals surface area contributed by atoms with Gasteiger partial charge in [-0.25, -0.2) is 4.68 Å². The number of pyridine rings is 2. The Morgan fingerprint density at radius 1 is 1.15 bits per heavy atom. The number of rotatable bonds is 9.